The normalized spacial score (nSPS) is 12.5. The molecule has 2 aromatic heterocycles. The lowest BCUT2D eigenvalue weighted by Crippen LogP contribution is -2.09. The smallest absolute Gasteiger partial charge is 0.152 e. The molecule has 1 atom stereocenters. The van der Waals surface area contributed by atoms with Crippen LogP contribution in [0.5, 0.6) is 0 Å². The molecule has 0 aliphatic rings. The van der Waals surface area contributed by atoms with Crippen molar-refractivity contribution in [2.75, 3.05) is 5.32 Å². The lowest BCUT2D eigenvalue weighted by Gasteiger charge is -2.15. The maximum Gasteiger partial charge on any atom is 0.152 e. The fraction of sp³-hybridized carbons (Fsp3) is 0.385. The summed E-state index contributed by atoms with van der Waals surface area (Å²) in [6.07, 6.45) is 1.76. The van der Waals surface area contributed by atoms with Crippen LogP contribution in [0.2, 0.25) is 5.15 Å². The summed E-state index contributed by atoms with van der Waals surface area (Å²) in [5.74, 6) is 0. The number of nitrogens with one attached hydrogen (secondary N) is 1. The molecule has 1 unspecified atom stereocenters. The molecule has 2 rings (SSSR count). The van der Waals surface area contributed by atoms with Crippen molar-refractivity contribution in [3.05, 3.63) is 38.6 Å². The minimum atomic E-state index is 0.121. The van der Waals surface area contributed by atoms with E-state index in [1.807, 2.05) is 19.9 Å². The summed E-state index contributed by atoms with van der Waals surface area (Å²) < 4.78 is 0. The van der Waals surface area contributed by atoms with Crippen molar-refractivity contribution in [2.45, 2.75) is 33.7 Å². The maximum absolute atomic E-state index is 6.08. The van der Waals surface area contributed by atoms with Gasteiger partial charge in [-0.2, -0.15) is 0 Å². The number of anilines is 1. The Kier molecular flexibility index (Phi) is 3.88. The molecule has 0 bridgehead atoms. The monoisotopic (exact) mass is 281 g/mol. The average molecular weight is 282 g/mol. The largest absolute Gasteiger partial charge is 0.374 e. The Labute approximate surface area is 116 Å². The van der Waals surface area contributed by atoms with Gasteiger partial charge in [-0.05, 0) is 39.3 Å². The van der Waals surface area contributed by atoms with Gasteiger partial charge >= 0.3 is 0 Å². The summed E-state index contributed by atoms with van der Waals surface area (Å²) in [6, 6.07) is 2.12. The zero-order chi connectivity index (χ0) is 13.3. The highest BCUT2D eigenvalue weighted by Gasteiger charge is 2.14. The van der Waals surface area contributed by atoms with E-state index in [9.17, 15) is 0 Å². The van der Waals surface area contributed by atoms with Gasteiger partial charge in [0, 0.05) is 11.1 Å². The van der Waals surface area contributed by atoms with E-state index >= 15 is 0 Å². The fourth-order valence-corrected chi connectivity index (χ4v) is 2.97. The van der Waals surface area contributed by atoms with Crippen molar-refractivity contribution in [1.82, 2.24) is 9.97 Å². The molecule has 5 heteroatoms. The van der Waals surface area contributed by atoms with Crippen LogP contribution in [0.3, 0.4) is 0 Å². The molecule has 3 nitrogen and oxygen atoms in total. The highest BCUT2D eigenvalue weighted by molar-refractivity contribution is 7.11. The molecule has 0 spiro atoms. The predicted octanol–water partition coefficient (Wildman–Crippen LogP) is 4.29. The highest BCUT2D eigenvalue weighted by atomic mass is 35.5. The third kappa shape index (κ3) is 2.82. The van der Waals surface area contributed by atoms with Crippen LogP contribution in [0.15, 0.2) is 12.3 Å². The first-order valence-electron chi connectivity index (χ1n) is 5.80. The van der Waals surface area contributed by atoms with E-state index in [2.05, 4.69) is 29.1 Å². The van der Waals surface area contributed by atoms with Gasteiger partial charge in [0.2, 0.25) is 0 Å². The molecule has 0 saturated heterocycles. The summed E-state index contributed by atoms with van der Waals surface area (Å²) in [5, 5.41) is 4.96. The number of aromatic nitrogens is 2. The number of halogens is 1. The van der Waals surface area contributed by atoms with Gasteiger partial charge in [-0.3, -0.25) is 0 Å². The van der Waals surface area contributed by atoms with Crippen LogP contribution >= 0.6 is 22.9 Å². The Morgan fingerprint density at radius 1 is 1.33 bits per heavy atom. The first-order valence-corrected chi connectivity index (χ1v) is 6.99. The molecule has 0 amide bonds. The lowest BCUT2D eigenvalue weighted by molar-refractivity contribution is 0.835. The molecule has 2 heterocycles. The second-order valence-corrected chi connectivity index (χ2v) is 6.16. The van der Waals surface area contributed by atoms with Crippen molar-refractivity contribution < 1.29 is 0 Å². The Bertz CT molecular complexity index is 565. The van der Waals surface area contributed by atoms with Crippen molar-refractivity contribution in [3.8, 4) is 0 Å². The maximum atomic E-state index is 6.08. The molecule has 96 valence electrons. The quantitative estimate of drug-likeness (QED) is 0.853. The van der Waals surface area contributed by atoms with Crippen LogP contribution in [0.4, 0.5) is 5.69 Å². The van der Waals surface area contributed by atoms with Crippen LogP contribution < -0.4 is 5.32 Å². The standard InChI is InChI=1S/C13H16ClN3S/c1-7-5-11(13(14)15-6-7)16-8(2)12-9(3)18-10(4)17-12/h5-6,8,16H,1-4H3. The number of rotatable bonds is 3. The summed E-state index contributed by atoms with van der Waals surface area (Å²) in [4.78, 5) is 9.93. The van der Waals surface area contributed by atoms with Gasteiger partial charge in [-0.1, -0.05) is 11.6 Å². The van der Waals surface area contributed by atoms with Gasteiger partial charge in [-0.15, -0.1) is 11.3 Å². The molecule has 1 N–H and O–H groups in total. The third-order valence-electron chi connectivity index (χ3n) is 2.70. The van der Waals surface area contributed by atoms with Crippen molar-refractivity contribution in [2.24, 2.45) is 0 Å². The number of pyridine rings is 1. The van der Waals surface area contributed by atoms with Crippen LogP contribution in [-0.2, 0) is 0 Å². The van der Waals surface area contributed by atoms with Gasteiger partial charge in [0.05, 0.1) is 22.4 Å². The number of aryl methyl sites for hydroxylation is 3. The van der Waals surface area contributed by atoms with Gasteiger partial charge in [0.1, 0.15) is 0 Å². The van der Waals surface area contributed by atoms with Crippen LogP contribution in [0.1, 0.15) is 34.1 Å². The second-order valence-electron chi connectivity index (χ2n) is 4.39. The van der Waals surface area contributed by atoms with Gasteiger partial charge < -0.3 is 5.32 Å². The highest BCUT2D eigenvalue weighted by Crippen LogP contribution is 2.28. The number of thiazole rings is 1. The van der Waals surface area contributed by atoms with E-state index in [0.717, 1.165) is 22.0 Å². The zero-order valence-corrected chi connectivity index (χ0v) is 12.5. The van der Waals surface area contributed by atoms with E-state index < -0.39 is 0 Å². The third-order valence-corrected chi connectivity index (χ3v) is 3.90. The number of nitrogens with zero attached hydrogens (tertiary/aromatic N) is 2. The molecule has 0 saturated carbocycles. The molecule has 18 heavy (non-hydrogen) atoms. The Morgan fingerprint density at radius 2 is 2.06 bits per heavy atom. The van der Waals surface area contributed by atoms with Crippen molar-refractivity contribution >= 4 is 28.6 Å². The van der Waals surface area contributed by atoms with Crippen LogP contribution in [-0.4, -0.2) is 9.97 Å². The summed E-state index contributed by atoms with van der Waals surface area (Å²) in [7, 11) is 0. The van der Waals surface area contributed by atoms with Gasteiger partial charge in [0.15, 0.2) is 5.15 Å². The minimum Gasteiger partial charge on any atom is -0.374 e. The van der Waals surface area contributed by atoms with Gasteiger partial charge in [0.25, 0.3) is 0 Å². The van der Waals surface area contributed by atoms with E-state index in [1.54, 1.807) is 17.5 Å². The molecule has 2 aromatic rings. The first-order chi connectivity index (χ1) is 8.47. The summed E-state index contributed by atoms with van der Waals surface area (Å²) in [5.41, 5.74) is 3.02. The topological polar surface area (TPSA) is 37.8 Å². The van der Waals surface area contributed by atoms with Gasteiger partial charge in [-0.25, -0.2) is 9.97 Å². The second kappa shape index (κ2) is 5.24. The van der Waals surface area contributed by atoms with E-state index in [1.165, 1.54) is 4.88 Å². The zero-order valence-electron chi connectivity index (χ0n) is 10.9. The van der Waals surface area contributed by atoms with E-state index in [4.69, 9.17) is 11.6 Å². The van der Waals surface area contributed by atoms with Crippen molar-refractivity contribution in [3.63, 3.8) is 0 Å². The minimum absolute atomic E-state index is 0.121. The summed E-state index contributed by atoms with van der Waals surface area (Å²) in [6.45, 7) is 8.20. The Morgan fingerprint density at radius 3 is 2.67 bits per heavy atom. The molecule has 0 aromatic carbocycles. The Balaban J connectivity index is 2.23. The first kappa shape index (κ1) is 13.3. The van der Waals surface area contributed by atoms with E-state index in [-0.39, 0.29) is 6.04 Å². The molecule has 0 radical (unpaired) electrons. The number of hydrogen-bond donors (Lipinski definition) is 1. The van der Waals surface area contributed by atoms with Crippen LogP contribution in [0, 0.1) is 20.8 Å². The molecule has 0 aliphatic heterocycles. The number of hydrogen-bond acceptors (Lipinski definition) is 4. The van der Waals surface area contributed by atoms with E-state index in [0.29, 0.717) is 5.15 Å². The summed E-state index contributed by atoms with van der Waals surface area (Å²) >= 11 is 7.80. The van der Waals surface area contributed by atoms with Crippen LogP contribution in [0.25, 0.3) is 0 Å². The SMILES string of the molecule is Cc1cnc(Cl)c(NC(C)c2nc(C)sc2C)c1. The Hall–Kier alpha value is -1.13. The van der Waals surface area contributed by atoms with Crippen molar-refractivity contribution in [1.29, 1.82) is 0 Å². The molecule has 0 aliphatic carbocycles. The predicted molar refractivity (Wildman–Crippen MR) is 77.6 cm³/mol. The average Bonchev–Trinajstić information content (AvgIpc) is 2.63. The lowest BCUT2D eigenvalue weighted by atomic mass is 10.2. The molecular formula is C13H16ClN3S. The molecule has 0 fully saturated rings. The molecular weight excluding hydrogens is 266 g/mol. The fourth-order valence-electron chi connectivity index (χ4n) is 1.90.